The highest BCUT2D eigenvalue weighted by atomic mass is 16.5. The molecule has 1 aromatic carbocycles. The van der Waals surface area contributed by atoms with Crippen molar-refractivity contribution in [3.05, 3.63) is 52.8 Å². The van der Waals surface area contributed by atoms with Crippen molar-refractivity contribution in [2.75, 3.05) is 20.2 Å². The molecule has 0 aliphatic carbocycles. The smallest absolute Gasteiger partial charge is 0.310 e. The molecule has 1 saturated heterocycles. The summed E-state index contributed by atoms with van der Waals surface area (Å²) in [7, 11) is 1.27. The van der Waals surface area contributed by atoms with Crippen LogP contribution in [0.5, 0.6) is 0 Å². The van der Waals surface area contributed by atoms with Crippen LogP contribution in [0.4, 0.5) is 0 Å². The van der Waals surface area contributed by atoms with Gasteiger partial charge in [-0.2, -0.15) is 5.10 Å². The fourth-order valence-corrected chi connectivity index (χ4v) is 3.17. The van der Waals surface area contributed by atoms with Crippen molar-refractivity contribution >= 4 is 11.9 Å². The molecule has 2 heterocycles. The summed E-state index contributed by atoms with van der Waals surface area (Å²) in [6, 6.07) is 12.3. The third-order valence-corrected chi connectivity index (χ3v) is 4.54. The second-order valence-corrected chi connectivity index (χ2v) is 6.49. The summed E-state index contributed by atoms with van der Waals surface area (Å²) in [5.41, 5.74) is 1.01. The Bertz CT molecular complexity index is 880. The van der Waals surface area contributed by atoms with E-state index in [1.165, 1.54) is 18.1 Å². The van der Waals surface area contributed by atoms with Gasteiger partial charge in [-0.05, 0) is 12.5 Å². The molecule has 0 spiro atoms. The van der Waals surface area contributed by atoms with Crippen LogP contribution in [-0.2, 0) is 20.9 Å². The summed E-state index contributed by atoms with van der Waals surface area (Å²) in [6.07, 6.45) is -0.565. The highest BCUT2D eigenvalue weighted by Gasteiger charge is 2.33. The van der Waals surface area contributed by atoms with E-state index in [4.69, 9.17) is 4.74 Å². The number of hydrogen-bond donors (Lipinski definition) is 1. The summed E-state index contributed by atoms with van der Waals surface area (Å²) < 4.78 is 5.81. The maximum absolute atomic E-state index is 12.6. The van der Waals surface area contributed by atoms with Crippen LogP contribution in [0.2, 0.25) is 0 Å². The van der Waals surface area contributed by atoms with Gasteiger partial charge in [0.2, 0.25) is 5.91 Å². The molecule has 1 N–H and O–H groups in total. The minimum Gasteiger partial charge on any atom is -0.469 e. The number of methoxy groups -OCH3 is 1. The van der Waals surface area contributed by atoms with E-state index >= 15 is 0 Å². The van der Waals surface area contributed by atoms with Crippen LogP contribution in [0.3, 0.4) is 0 Å². The van der Waals surface area contributed by atoms with Gasteiger partial charge in [0.1, 0.15) is 6.54 Å². The number of amides is 1. The van der Waals surface area contributed by atoms with Crippen LogP contribution in [-0.4, -0.2) is 58.0 Å². The summed E-state index contributed by atoms with van der Waals surface area (Å²) in [6.45, 7) is -0.00470. The van der Waals surface area contributed by atoms with E-state index in [1.807, 2.05) is 30.3 Å². The Hall–Kier alpha value is -3.00. The number of aliphatic hydroxyl groups excluding tert-OH is 1. The van der Waals surface area contributed by atoms with Crippen LogP contribution in [0.15, 0.2) is 47.3 Å². The van der Waals surface area contributed by atoms with Crippen LogP contribution in [0, 0.1) is 5.92 Å². The Morgan fingerprint density at radius 2 is 1.93 bits per heavy atom. The van der Waals surface area contributed by atoms with Crippen molar-refractivity contribution in [1.82, 2.24) is 14.7 Å². The fraction of sp³-hybridized carbons (Fsp3) is 0.368. The maximum Gasteiger partial charge on any atom is 0.310 e. The number of hydrogen-bond acceptors (Lipinski definition) is 6. The van der Waals surface area contributed by atoms with Crippen LogP contribution < -0.4 is 5.56 Å². The number of carbonyl (C=O) groups is 2. The Morgan fingerprint density at radius 3 is 2.63 bits per heavy atom. The zero-order valence-electron chi connectivity index (χ0n) is 14.9. The highest BCUT2D eigenvalue weighted by Crippen LogP contribution is 2.19. The SMILES string of the molecule is COC(=O)C1CC(O)CN(C(=O)Cn2nc(-c3ccccc3)ccc2=O)C1. The first kappa shape index (κ1) is 18.8. The Balaban J connectivity index is 1.77. The fourth-order valence-electron chi connectivity index (χ4n) is 3.17. The molecule has 0 radical (unpaired) electrons. The molecule has 8 heteroatoms. The largest absolute Gasteiger partial charge is 0.469 e. The lowest BCUT2D eigenvalue weighted by Crippen LogP contribution is -2.50. The van der Waals surface area contributed by atoms with Crippen molar-refractivity contribution in [2.45, 2.75) is 19.1 Å². The number of aromatic nitrogens is 2. The monoisotopic (exact) mass is 371 g/mol. The molecular formula is C19H21N3O5. The van der Waals surface area contributed by atoms with E-state index in [2.05, 4.69) is 5.10 Å². The van der Waals surface area contributed by atoms with Gasteiger partial charge in [0.15, 0.2) is 0 Å². The van der Waals surface area contributed by atoms with Gasteiger partial charge in [0.05, 0.1) is 24.8 Å². The topological polar surface area (TPSA) is 102 Å². The molecule has 2 unspecified atom stereocenters. The minimum absolute atomic E-state index is 0.111. The average molecular weight is 371 g/mol. The Kier molecular flexibility index (Phi) is 5.66. The van der Waals surface area contributed by atoms with E-state index in [-0.39, 0.29) is 32.0 Å². The molecule has 3 rings (SSSR count). The predicted octanol–water partition coefficient (Wildman–Crippen LogP) is 0.293. The summed E-state index contributed by atoms with van der Waals surface area (Å²) >= 11 is 0. The summed E-state index contributed by atoms with van der Waals surface area (Å²) in [4.78, 5) is 37.9. The lowest BCUT2D eigenvalue weighted by molar-refractivity contribution is -0.152. The second-order valence-electron chi connectivity index (χ2n) is 6.49. The van der Waals surface area contributed by atoms with Gasteiger partial charge in [-0.1, -0.05) is 30.3 Å². The molecule has 27 heavy (non-hydrogen) atoms. The summed E-state index contributed by atoms with van der Waals surface area (Å²) in [5, 5.41) is 14.2. The summed E-state index contributed by atoms with van der Waals surface area (Å²) in [5.74, 6) is -1.43. The lowest BCUT2D eigenvalue weighted by atomic mass is 9.96. The molecule has 1 amide bonds. The second kappa shape index (κ2) is 8.13. The number of piperidine rings is 1. The van der Waals surface area contributed by atoms with Crippen molar-refractivity contribution < 1.29 is 19.4 Å². The van der Waals surface area contributed by atoms with E-state index in [1.54, 1.807) is 6.07 Å². The Morgan fingerprint density at radius 1 is 1.19 bits per heavy atom. The lowest BCUT2D eigenvalue weighted by Gasteiger charge is -2.34. The molecule has 0 bridgehead atoms. The molecule has 0 saturated carbocycles. The number of esters is 1. The number of ether oxygens (including phenoxy) is 1. The maximum atomic E-state index is 12.6. The van der Waals surface area contributed by atoms with E-state index < -0.39 is 23.6 Å². The van der Waals surface area contributed by atoms with Crippen LogP contribution in [0.25, 0.3) is 11.3 Å². The first-order chi connectivity index (χ1) is 13.0. The van der Waals surface area contributed by atoms with Crippen molar-refractivity contribution in [3.8, 4) is 11.3 Å². The van der Waals surface area contributed by atoms with Gasteiger partial charge in [-0.25, -0.2) is 4.68 Å². The molecular weight excluding hydrogens is 350 g/mol. The Labute approximate surface area is 156 Å². The van der Waals surface area contributed by atoms with E-state index in [0.717, 1.165) is 10.2 Å². The molecule has 2 atom stereocenters. The number of likely N-dealkylation sites (tertiary alicyclic amines) is 1. The molecule has 1 aliphatic rings. The molecule has 1 aromatic heterocycles. The van der Waals surface area contributed by atoms with Crippen molar-refractivity contribution in [2.24, 2.45) is 5.92 Å². The standard InChI is InChI=1S/C19H21N3O5/c1-27-19(26)14-9-15(23)11-21(10-14)18(25)12-22-17(24)8-7-16(20-22)13-5-3-2-4-6-13/h2-8,14-15,23H,9-12H2,1H3. The molecule has 8 nitrogen and oxygen atoms in total. The van der Waals surface area contributed by atoms with Gasteiger partial charge < -0.3 is 14.7 Å². The predicted molar refractivity (Wildman–Crippen MR) is 96.6 cm³/mol. The van der Waals surface area contributed by atoms with Crippen LogP contribution >= 0.6 is 0 Å². The molecule has 2 aromatic rings. The van der Waals surface area contributed by atoms with E-state index in [0.29, 0.717) is 5.69 Å². The van der Waals surface area contributed by atoms with Crippen molar-refractivity contribution in [3.63, 3.8) is 0 Å². The minimum atomic E-state index is -0.813. The number of β-amino-alcohol motifs (C(OH)–C–C–N with tert-alkyl or cyclic N) is 1. The first-order valence-corrected chi connectivity index (χ1v) is 8.65. The number of aliphatic hydroxyl groups is 1. The molecule has 1 fully saturated rings. The van der Waals surface area contributed by atoms with Gasteiger partial charge in [0, 0.05) is 24.7 Å². The zero-order valence-corrected chi connectivity index (χ0v) is 14.9. The number of rotatable bonds is 4. The third kappa shape index (κ3) is 4.40. The van der Waals surface area contributed by atoms with Gasteiger partial charge in [-0.3, -0.25) is 14.4 Å². The van der Waals surface area contributed by atoms with E-state index in [9.17, 15) is 19.5 Å². The van der Waals surface area contributed by atoms with Gasteiger partial charge >= 0.3 is 5.97 Å². The highest BCUT2D eigenvalue weighted by molar-refractivity contribution is 5.78. The van der Waals surface area contributed by atoms with Crippen LogP contribution in [0.1, 0.15) is 6.42 Å². The number of carbonyl (C=O) groups excluding carboxylic acids is 2. The number of nitrogens with zero attached hydrogens (tertiary/aromatic N) is 3. The van der Waals surface area contributed by atoms with Gasteiger partial charge in [0.25, 0.3) is 5.56 Å². The number of benzene rings is 1. The molecule has 142 valence electrons. The average Bonchev–Trinajstić information content (AvgIpc) is 2.69. The zero-order chi connectivity index (χ0) is 19.4. The first-order valence-electron chi connectivity index (χ1n) is 8.65. The third-order valence-electron chi connectivity index (χ3n) is 4.54. The molecule has 1 aliphatic heterocycles. The quantitative estimate of drug-likeness (QED) is 0.776. The van der Waals surface area contributed by atoms with Crippen molar-refractivity contribution in [1.29, 1.82) is 0 Å². The normalized spacial score (nSPS) is 19.6. The van der Waals surface area contributed by atoms with Gasteiger partial charge in [-0.15, -0.1) is 0 Å².